The first-order valence-corrected chi connectivity index (χ1v) is 13.2. The Morgan fingerprint density at radius 3 is 2.75 bits per heavy atom. The number of thiophene rings is 1. The van der Waals surface area contributed by atoms with Gasteiger partial charge in [0.2, 0.25) is 5.91 Å². The number of unbranched alkanes of at least 4 members (excludes halogenated alkanes) is 1. The zero-order valence-corrected chi connectivity index (χ0v) is 22.5. The fourth-order valence-electron chi connectivity index (χ4n) is 3.91. The third kappa shape index (κ3) is 8.66. The highest BCUT2D eigenvalue weighted by atomic mass is 79.9. The van der Waals surface area contributed by atoms with Crippen LogP contribution in [0.3, 0.4) is 0 Å². The molecule has 5 atom stereocenters. The Kier molecular flexibility index (Phi) is 12.1. The maximum absolute atomic E-state index is 11.7. The third-order valence-corrected chi connectivity index (χ3v) is 8.33. The van der Waals surface area contributed by atoms with E-state index >= 15 is 0 Å². The molecule has 0 bridgehead atoms. The summed E-state index contributed by atoms with van der Waals surface area (Å²) in [4.78, 5) is 16.6. The second kappa shape index (κ2) is 14.0. The Labute approximate surface area is 211 Å². The molecule has 9 heteroatoms. The number of aryl methyl sites for hydroxylation is 1. The number of nitrogens with zero attached hydrogens (tertiary/aromatic N) is 1. The molecule has 1 aliphatic rings. The van der Waals surface area contributed by atoms with Crippen molar-refractivity contribution in [3.8, 4) is 0 Å². The van der Waals surface area contributed by atoms with Crippen molar-refractivity contribution in [2.45, 2.75) is 63.3 Å². The van der Waals surface area contributed by atoms with Crippen molar-refractivity contribution in [2.24, 2.45) is 11.8 Å². The zero-order valence-electron chi connectivity index (χ0n) is 18.5. The van der Waals surface area contributed by atoms with Crippen molar-refractivity contribution in [1.29, 1.82) is 0 Å². The molecule has 1 saturated carbocycles. The number of hydrogen-bond acceptors (Lipinski definition) is 6. The first-order chi connectivity index (χ1) is 15.2. The SMILES string of the molecule is CON(C)C(=O)CCCC=CC[C@@H]1[C@@H](C=C[C@@H](O)CCc2cc(Br)sc2Br)[C@H](O)C[C@@H]1O. The zero-order chi connectivity index (χ0) is 23.7. The molecular formula is C23H33Br2NO5S. The van der Waals surface area contributed by atoms with Gasteiger partial charge in [0.1, 0.15) is 0 Å². The van der Waals surface area contributed by atoms with Gasteiger partial charge in [0.15, 0.2) is 0 Å². The van der Waals surface area contributed by atoms with Crippen molar-refractivity contribution in [3.05, 3.63) is 43.5 Å². The Bertz CT molecular complexity index is 784. The Balaban J connectivity index is 1.80. The maximum atomic E-state index is 11.7. The summed E-state index contributed by atoms with van der Waals surface area (Å²) in [5.41, 5.74) is 1.16. The number of rotatable bonds is 12. The third-order valence-electron chi connectivity index (χ3n) is 5.87. The lowest BCUT2D eigenvalue weighted by Gasteiger charge is -2.19. The summed E-state index contributed by atoms with van der Waals surface area (Å²) in [6.07, 6.45) is 10.1. The van der Waals surface area contributed by atoms with Crippen LogP contribution in [-0.4, -0.2) is 58.8 Å². The summed E-state index contributed by atoms with van der Waals surface area (Å²) < 4.78 is 2.12. The highest BCUT2D eigenvalue weighted by Crippen LogP contribution is 2.37. The highest BCUT2D eigenvalue weighted by molar-refractivity contribution is 9.12. The summed E-state index contributed by atoms with van der Waals surface area (Å²) in [6.45, 7) is 0. The van der Waals surface area contributed by atoms with Gasteiger partial charge >= 0.3 is 0 Å². The van der Waals surface area contributed by atoms with Gasteiger partial charge in [-0.1, -0.05) is 24.3 Å². The van der Waals surface area contributed by atoms with Crippen molar-refractivity contribution in [3.63, 3.8) is 0 Å². The molecule has 3 N–H and O–H groups in total. The minimum Gasteiger partial charge on any atom is -0.393 e. The van der Waals surface area contributed by atoms with E-state index in [0.29, 0.717) is 25.7 Å². The lowest BCUT2D eigenvalue weighted by molar-refractivity contribution is -0.168. The lowest BCUT2D eigenvalue weighted by Crippen LogP contribution is -2.24. The molecule has 0 aromatic carbocycles. The van der Waals surface area contributed by atoms with E-state index in [0.717, 1.165) is 32.4 Å². The van der Waals surface area contributed by atoms with Crippen molar-refractivity contribution in [2.75, 3.05) is 14.2 Å². The normalized spacial score (nSPS) is 24.6. The van der Waals surface area contributed by atoms with Gasteiger partial charge in [0.25, 0.3) is 0 Å². The summed E-state index contributed by atoms with van der Waals surface area (Å²) in [5, 5.41) is 32.4. The second-order valence-corrected chi connectivity index (χ2v) is 11.9. The molecule has 1 aromatic rings. The van der Waals surface area contributed by atoms with Crippen LogP contribution in [0.15, 0.2) is 37.9 Å². The Morgan fingerprint density at radius 1 is 1.34 bits per heavy atom. The minimum absolute atomic E-state index is 0.0574. The van der Waals surface area contributed by atoms with E-state index in [4.69, 9.17) is 4.84 Å². The molecule has 0 unspecified atom stereocenters. The van der Waals surface area contributed by atoms with Crippen LogP contribution in [0, 0.1) is 11.8 Å². The summed E-state index contributed by atoms with van der Waals surface area (Å²) >= 11 is 8.62. The van der Waals surface area contributed by atoms with Gasteiger partial charge in [-0.05, 0) is 81.5 Å². The molecule has 1 aliphatic carbocycles. The number of hydrogen-bond donors (Lipinski definition) is 3. The first kappa shape index (κ1) is 27.7. The van der Waals surface area contributed by atoms with Crippen LogP contribution in [-0.2, 0) is 16.1 Å². The van der Waals surface area contributed by atoms with E-state index in [-0.39, 0.29) is 17.7 Å². The summed E-state index contributed by atoms with van der Waals surface area (Å²) in [5.74, 6) is -0.339. The highest BCUT2D eigenvalue weighted by Gasteiger charge is 2.39. The number of carbonyl (C=O) groups excluding carboxylic acids is 1. The van der Waals surface area contributed by atoms with E-state index in [2.05, 4.69) is 37.9 Å². The molecule has 1 heterocycles. The Hall–Kier alpha value is -0.550. The van der Waals surface area contributed by atoms with Crippen LogP contribution in [0.2, 0.25) is 0 Å². The molecule has 180 valence electrons. The molecule has 1 fully saturated rings. The van der Waals surface area contributed by atoms with Gasteiger partial charge < -0.3 is 15.3 Å². The second-order valence-electron chi connectivity index (χ2n) is 8.13. The largest absolute Gasteiger partial charge is 0.393 e. The Morgan fingerprint density at radius 2 is 2.09 bits per heavy atom. The van der Waals surface area contributed by atoms with Crippen LogP contribution in [0.1, 0.15) is 44.1 Å². The predicted octanol–water partition coefficient (Wildman–Crippen LogP) is 4.62. The molecule has 32 heavy (non-hydrogen) atoms. The average Bonchev–Trinajstić information content (AvgIpc) is 3.22. The van der Waals surface area contributed by atoms with Crippen LogP contribution < -0.4 is 0 Å². The van der Waals surface area contributed by atoms with Crippen molar-refractivity contribution < 1.29 is 25.0 Å². The molecule has 1 amide bonds. The van der Waals surface area contributed by atoms with Crippen LogP contribution in [0.25, 0.3) is 0 Å². The fourth-order valence-corrected chi connectivity index (χ4v) is 6.82. The number of halogens is 2. The number of hydroxylamine groups is 2. The van der Waals surface area contributed by atoms with E-state index in [1.165, 1.54) is 12.2 Å². The molecule has 0 radical (unpaired) electrons. The van der Waals surface area contributed by atoms with Gasteiger partial charge in [-0.3, -0.25) is 9.63 Å². The van der Waals surface area contributed by atoms with Gasteiger partial charge in [-0.2, -0.15) is 0 Å². The van der Waals surface area contributed by atoms with Crippen LogP contribution >= 0.6 is 43.2 Å². The average molecular weight is 595 g/mol. The topological polar surface area (TPSA) is 90.2 Å². The van der Waals surface area contributed by atoms with Gasteiger partial charge in [-0.25, -0.2) is 5.06 Å². The molecule has 0 spiro atoms. The molecule has 2 rings (SSSR count). The number of allylic oxidation sites excluding steroid dienone is 2. The van der Waals surface area contributed by atoms with E-state index < -0.39 is 18.3 Å². The molecule has 0 aliphatic heterocycles. The van der Waals surface area contributed by atoms with E-state index in [1.54, 1.807) is 24.5 Å². The number of aliphatic hydroxyl groups excluding tert-OH is 3. The van der Waals surface area contributed by atoms with Crippen LogP contribution in [0.4, 0.5) is 0 Å². The summed E-state index contributed by atoms with van der Waals surface area (Å²) in [6, 6.07) is 2.05. The molecule has 6 nitrogen and oxygen atoms in total. The predicted molar refractivity (Wildman–Crippen MR) is 134 cm³/mol. The van der Waals surface area contributed by atoms with Gasteiger partial charge in [0.05, 0.1) is 33.0 Å². The fraction of sp³-hybridized carbons (Fsp3) is 0.609. The van der Waals surface area contributed by atoms with E-state index in [1.807, 2.05) is 18.2 Å². The van der Waals surface area contributed by atoms with Gasteiger partial charge in [0, 0.05) is 25.8 Å². The smallest absolute Gasteiger partial charge is 0.245 e. The van der Waals surface area contributed by atoms with Crippen LogP contribution in [0.5, 0.6) is 0 Å². The van der Waals surface area contributed by atoms with Gasteiger partial charge in [-0.15, -0.1) is 11.3 Å². The van der Waals surface area contributed by atoms with E-state index in [9.17, 15) is 20.1 Å². The number of amides is 1. The number of aliphatic hydroxyl groups is 3. The summed E-state index contributed by atoms with van der Waals surface area (Å²) in [7, 11) is 3.06. The molecular weight excluding hydrogens is 562 g/mol. The maximum Gasteiger partial charge on any atom is 0.245 e. The molecule has 1 aromatic heterocycles. The quantitative estimate of drug-likeness (QED) is 0.187. The van der Waals surface area contributed by atoms with Crippen molar-refractivity contribution >= 4 is 49.1 Å². The number of carbonyl (C=O) groups is 1. The monoisotopic (exact) mass is 593 g/mol. The first-order valence-electron chi connectivity index (χ1n) is 10.8. The molecule has 0 saturated heterocycles. The van der Waals surface area contributed by atoms with Crippen molar-refractivity contribution in [1.82, 2.24) is 5.06 Å². The lowest BCUT2D eigenvalue weighted by atomic mass is 9.89. The standard InChI is InChI=1S/C23H33Br2NO5S/c1-26(31-2)22(30)8-6-4-3-5-7-17-18(20(29)14-19(17)28)12-11-16(27)10-9-15-13-21(24)32-23(15)25/h3,5,11-13,16-20,27-29H,4,6-10,14H2,1-2H3/t16-,17+,18+,19-,20+/m0/s1. The minimum atomic E-state index is -0.615.